The highest BCUT2D eigenvalue weighted by Crippen LogP contribution is 2.54. The molecule has 0 bridgehead atoms. The van der Waals surface area contributed by atoms with Crippen molar-refractivity contribution >= 4 is 23.3 Å². The van der Waals surface area contributed by atoms with Gasteiger partial charge in [-0.25, -0.2) is 0 Å². The summed E-state index contributed by atoms with van der Waals surface area (Å²) in [4.78, 5) is 27.5. The predicted octanol–water partition coefficient (Wildman–Crippen LogP) is 6.31. The van der Waals surface area contributed by atoms with E-state index in [1.165, 1.54) is 0 Å². The van der Waals surface area contributed by atoms with E-state index in [1.807, 2.05) is 109 Å². The number of benzene rings is 4. The molecule has 1 saturated heterocycles. The molecule has 40 heavy (non-hydrogen) atoms. The van der Waals surface area contributed by atoms with Crippen molar-refractivity contribution in [1.29, 1.82) is 5.39 Å². The van der Waals surface area contributed by atoms with E-state index in [9.17, 15) is 18.0 Å². The number of nitrogens with zero attached hydrogens (tertiary/aromatic N) is 3. The van der Waals surface area contributed by atoms with Gasteiger partial charge in [-0.1, -0.05) is 48.5 Å². The lowest BCUT2D eigenvalue weighted by Gasteiger charge is -2.55. The zero-order valence-electron chi connectivity index (χ0n) is 21.1. The molecule has 1 fully saturated rings. The number of amides is 1. The second-order valence-electron chi connectivity index (χ2n) is 9.04. The quantitative estimate of drug-likeness (QED) is 0.216. The predicted molar refractivity (Wildman–Crippen MR) is 139 cm³/mol. The number of aliphatic carboxylic acids is 1. The lowest BCUT2D eigenvalue weighted by molar-refractivity contribution is -0.344. The van der Waals surface area contributed by atoms with E-state index in [2.05, 4.69) is 4.98 Å². The standard InChI is InChI=1S/C28H22N3O2.C2HF3O2/c1-28(21-15-17-22(30-29)18-16-21)26(31(27(28)32)23-10-4-2-5-11-23)20-9-8-14-25(19-20)33-24-12-6-3-7-13-24;3-2(4,5)1(6)7/h2-19,26H,1H3;(H,6,7)/q+1;/p-1/t26-,28-;/m1./s1. The van der Waals surface area contributed by atoms with E-state index in [0.29, 0.717) is 11.4 Å². The van der Waals surface area contributed by atoms with Gasteiger partial charge in [-0.3, -0.25) is 4.79 Å². The van der Waals surface area contributed by atoms with Crippen molar-refractivity contribution in [3.63, 3.8) is 0 Å². The van der Waals surface area contributed by atoms with Gasteiger partial charge in [-0.2, -0.15) is 13.2 Å². The number of β-lactam (4-membered cyclic amide) rings is 1. The average Bonchev–Trinajstić information content (AvgIpc) is 2.96. The summed E-state index contributed by atoms with van der Waals surface area (Å²) < 4.78 is 37.6. The Kier molecular flexibility index (Phi) is 7.86. The van der Waals surface area contributed by atoms with Crippen molar-refractivity contribution < 1.29 is 32.6 Å². The monoisotopic (exact) mass is 545 g/mol. The molecule has 7 nitrogen and oxygen atoms in total. The number of hydrogen-bond acceptors (Lipinski definition) is 5. The zero-order chi connectivity index (χ0) is 28.9. The second kappa shape index (κ2) is 11.3. The number of carbonyl (C=O) groups excluding carboxylic acids is 2. The average molecular weight is 546 g/mol. The molecule has 1 aliphatic heterocycles. The number of halogens is 3. The molecule has 0 N–H and O–H groups in total. The Hall–Kier alpha value is -5.17. The van der Waals surface area contributed by atoms with Crippen LogP contribution in [0.2, 0.25) is 0 Å². The zero-order valence-corrected chi connectivity index (χ0v) is 21.1. The second-order valence-corrected chi connectivity index (χ2v) is 9.04. The summed E-state index contributed by atoms with van der Waals surface area (Å²) in [5.41, 5.74) is 2.36. The fraction of sp³-hybridized carbons (Fsp3) is 0.133. The number of rotatable bonds is 5. The minimum atomic E-state index is -5.19. The minimum absolute atomic E-state index is 0.0155. The molecular weight excluding hydrogens is 523 g/mol. The number of ether oxygens (including phenoxy) is 1. The Balaban J connectivity index is 0.000000470. The summed E-state index contributed by atoms with van der Waals surface area (Å²) in [6.45, 7) is 1.97. The van der Waals surface area contributed by atoms with Crippen LogP contribution in [0.3, 0.4) is 0 Å². The maximum Gasteiger partial charge on any atom is 0.430 e. The van der Waals surface area contributed by atoms with Gasteiger partial charge in [0.25, 0.3) is 0 Å². The van der Waals surface area contributed by atoms with Gasteiger partial charge in [0.05, 0.1) is 11.5 Å². The summed E-state index contributed by atoms with van der Waals surface area (Å²) in [6.07, 6.45) is -5.19. The molecule has 4 aromatic carbocycles. The molecule has 202 valence electrons. The summed E-state index contributed by atoms with van der Waals surface area (Å²) in [6, 6.07) is 34.1. The van der Waals surface area contributed by atoms with E-state index in [0.717, 1.165) is 22.6 Å². The molecule has 0 aromatic heterocycles. The summed E-state index contributed by atoms with van der Waals surface area (Å²) in [5, 5.41) is 17.8. The first kappa shape index (κ1) is 27.9. The van der Waals surface area contributed by atoms with E-state index in [-0.39, 0.29) is 11.9 Å². The minimum Gasteiger partial charge on any atom is -0.542 e. The largest absolute Gasteiger partial charge is 0.542 e. The van der Waals surface area contributed by atoms with Crippen LogP contribution in [0.5, 0.6) is 11.5 Å². The number of hydrogen-bond donors (Lipinski definition) is 0. The van der Waals surface area contributed by atoms with Crippen LogP contribution >= 0.6 is 0 Å². The van der Waals surface area contributed by atoms with Crippen LogP contribution in [0.15, 0.2) is 109 Å². The van der Waals surface area contributed by atoms with Gasteiger partial charge in [0.15, 0.2) is 4.98 Å². The molecule has 0 radical (unpaired) electrons. The molecule has 1 aliphatic rings. The van der Waals surface area contributed by atoms with Crippen LogP contribution in [-0.4, -0.2) is 18.1 Å². The summed E-state index contributed by atoms with van der Waals surface area (Å²) in [7, 11) is 0. The molecule has 0 spiro atoms. The Morgan fingerprint density at radius 2 is 1.45 bits per heavy atom. The number of diazo groups is 1. The molecule has 4 aromatic rings. The molecule has 5 rings (SSSR count). The van der Waals surface area contributed by atoms with Crippen molar-refractivity contribution in [2.24, 2.45) is 0 Å². The molecule has 1 heterocycles. The van der Waals surface area contributed by atoms with Crippen molar-refractivity contribution in [2.45, 2.75) is 24.6 Å². The van der Waals surface area contributed by atoms with Crippen molar-refractivity contribution in [3.05, 3.63) is 125 Å². The third-order valence-electron chi connectivity index (χ3n) is 6.47. The van der Waals surface area contributed by atoms with Crippen molar-refractivity contribution in [3.8, 4) is 11.5 Å². The van der Waals surface area contributed by atoms with Gasteiger partial charge in [-0.15, -0.1) is 0 Å². The van der Waals surface area contributed by atoms with Crippen molar-refractivity contribution in [2.75, 3.05) is 4.90 Å². The Bertz CT molecular complexity index is 1540. The van der Waals surface area contributed by atoms with Gasteiger partial charge in [0, 0.05) is 17.8 Å². The van der Waals surface area contributed by atoms with Gasteiger partial charge >= 0.3 is 11.9 Å². The van der Waals surface area contributed by atoms with E-state index in [4.69, 9.17) is 20.0 Å². The number of carboxylic acid groups (broad SMARTS) is 1. The highest BCUT2D eigenvalue weighted by atomic mass is 19.4. The van der Waals surface area contributed by atoms with Crippen LogP contribution in [0.4, 0.5) is 24.5 Å². The molecule has 0 saturated carbocycles. The highest BCUT2D eigenvalue weighted by molar-refractivity contribution is 6.10. The van der Waals surface area contributed by atoms with E-state index < -0.39 is 17.6 Å². The first-order valence-corrected chi connectivity index (χ1v) is 12.0. The van der Waals surface area contributed by atoms with Crippen LogP contribution in [0.25, 0.3) is 4.98 Å². The van der Waals surface area contributed by atoms with Gasteiger partial charge in [0.2, 0.25) is 11.3 Å². The number of anilines is 1. The smallest absolute Gasteiger partial charge is 0.430 e. The molecular formula is C30H22F3N3O4. The normalized spacial score (nSPS) is 18.0. The first-order valence-electron chi connectivity index (χ1n) is 12.0. The Morgan fingerprint density at radius 1 is 0.900 bits per heavy atom. The molecule has 0 aliphatic carbocycles. The Labute approximate surface area is 227 Å². The fourth-order valence-corrected chi connectivity index (χ4v) is 4.54. The van der Waals surface area contributed by atoms with Crippen LogP contribution in [0, 0.1) is 5.39 Å². The lowest BCUT2D eigenvalue weighted by atomic mass is 9.64. The maximum atomic E-state index is 13.6. The van der Waals surface area contributed by atoms with Crippen LogP contribution in [0.1, 0.15) is 24.1 Å². The van der Waals surface area contributed by atoms with Gasteiger partial charge in [-0.05, 0) is 66.6 Å². The highest BCUT2D eigenvalue weighted by Gasteiger charge is 2.59. The maximum absolute atomic E-state index is 13.6. The SMILES string of the molecule is C[C@]1(c2ccc([N+]#N)cc2)C(=O)N(c2ccccc2)[C@@H]1c1cccc(Oc2ccccc2)c1.O=C([O-])C(F)(F)F. The van der Waals surface area contributed by atoms with Crippen LogP contribution < -0.4 is 14.7 Å². The van der Waals surface area contributed by atoms with E-state index in [1.54, 1.807) is 12.1 Å². The molecule has 0 unspecified atom stereocenters. The van der Waals surface area contributed by atoms with E-state index >= 15 is 0 Å². The topological polar surface area (TPSA) is 97.8 Å². The van der Waals surface area contributed by atoms with Crippen molar-refractivity contribution in [1.82, 2.24) is 0 Å². The first-order chi connectivity index (χ1) is 19.1. The third-order valence-corrected chi connectivity index (χ3v) is 6.47. The third kappa shape index (κ3) is 5.63. The number of para-hydroxylation sites is 2. The molecule has 1 amide bonds. The van der Waals surface area contributed by atoms with Gasteiger partial charge < -0.3 is 19.5 Å². The number of alkyl halides is 3. The van der Waals surface area contributed by atoms with Gasteiger partial charge in [0.1, 0.15) is 17.5 Å². The summed E-state index contributed by atoms with van der Waals surface area (Å²) >= 11 is 0. The fourth-order valence-electron chi connectivity index (χ4n) is 4.54. The van der Waals surface area contributed by atoms with Crippen LogP contribution in [-0.2, 0) is 15.0 Å². The summed E-state index contributed by atoms with van der Waals surface area (Å²) in [5.74, 6) is -1.53. The Morgan fingerprint density at radius 3 is 2.00 bits per heavy atom. The number of carbonyl (C=O) groups is 2. The lowest BCUT2D eigenvalue weighted by Crippen LogP contribution is -2.65. The molecule has 2 atom stereocenters. The molecule has 10 heteroatoms. The number of carboxylic acids is 1.